The van der Waals surface area contributed by atoms with E-state index in [1.54, 1.807) is 31.4 Å². The van der Waals surface area contributed by atoms with Crippen LogP contribution in [0.3, 0.4) is 0 Å². The SMILES string of the molecule is COc1nc(-c2ccccc2)ccc1COc1ccc(OCC(=O)O)cc1. The van der Waals surface area contributed by atoms with Crippen LogP contribution in [0.25, 0.3) is 11.3 Å². The van der Waals surface area contributed by atoms with Crippen molar-refractivity contribution in [1.29, 1.82) is 0 Å². The van der Waals surface area contributed by atoms with Crippen LogP contribution in [-0.2, 0) is 11.4 Å². The monoisotopic (exact) mass is 365 g/mol. The molecule has 0 saturated carbocycles. The number of aliphatic carboxylic acids is 1. The lowest BCUT2D eigenvalue weighted by Crippen LogP contribution is -2.09. The zero-order chi connectivity index (χ0) is 19.1. The second-order valence-corrected chi connectivity index (χ2v) is 5.67. The van der Waals surface area contributed by atoms with Crippen LogP contribution in [0.2, 0.25) is 0 Å². The highest BCUT2D eigenvalue weighted by molar-refractivity contribution is 5.68. The third-order valence-electron chi connectivity index (χ3n) is 3.78. The highest BCUT2D eigenvalue weighted by Gasteiger charge is 2.09. The zero-order valence-electron chi connectivity index (χ0n) is 14.8. The number of methoxy groups -OCH3 is 1. The van der Waals surface area contributed by atoms with Gasteiger partial charge in [0, 0.05) is 5.56 Å². The Morgan fingerprint density at radius 1 is 0.926 bits per heavy atom. The molecule has 6 heteroatoms. The first kappa shape index (κ1) is 18.3. The van der Waals surface area contributed by atoms with Crippen LogP contribution in [0.5, 0.6) is 17.4 Å². The van der Waals surface area contributed by atoms with Gasteiger partial charge in [-0.2, -0.15) is 0 Å². The molecule has 1 N–H and O–H groups in total. The molecule has 0 radical (unpaired) electrons. The minimum atomic E-state index is -1.02. The molecule has 0 amide bonds. The van der Waals surface area contributed by atoms with Gasteiger partial charge >= 0.3 is 5.97 Å². The standard InChI is InChI=1S/C21H19NO5/c1-25-21-16(7-12-19(22-21)15-5-3-2-4-6-15)13-26-17-8-10-18(11-9-17)27-14-20(23)24/h2-12H,13-14H2,1H3,(H,23,24). The van der Waals surface area contributed by atoms with Gasteiger partial charge in [0.25, 0.3) is 0 Å². The highest BCUT2D eigenvalue weighted by Crippen LogP contribution is 2.25. The van der Waals surface area contributed by atoms with Crippen molar-refractivity contribution in [3.63, 3.8) is 0 Å². The molecular formula is C21H19NO5. The number of rotatable bonds is 8. The Morgan fingerprint density at radius 3 is 2.22 bits per heavy atom. The van der Waals surface area contributed by atoms with Gasteiger partial charge in [-0.25, -0.2) is 9.78 Å². The van der Waals surface area contributed by atoms with Crippen molar-refractivity contribution in [3.8, 4) is 28.6 Å². The molecule has 0 atom stereocenters. The van der Waals surface area contributed by atoms with Gasteiger partial charge in [0.15, 0.2) is 6.61 Å². The smallest absolute Gasteiger partial charge is 0.341 e. The van der Waals surface area contributed by atoms with Gasteiger partial charge in [-0.1, -0.05) is 30.3 Å². The molecule has 6 nitrogen and oxygen atoms in total. The molecule has 0 saturated heterocycles. The van der Waals surface area contributed by atoms with Crippen molar-refractivity contribution >= 4 is 5.97 Å². The molecule has 0 spiro atoms. The molecule has 0 fully saturated rings. The van der Waals surface area contributed by atoms with Crippen LogP contribution < -0.4 is 14.2 Å². The average molecular weight is 365 g/mol. The van der Waals surface area contributed by atoms with E-state index in [1.165, 1.54) is 0 Å². The molecule has 3 aromatic rings. The van der Waals surface area contributed by atoms with Crippen molar-refractivity contribution < 1.29 is 24.1 Å². The quantitative estimate of drug-likeness (QED) is 0.654. The van der Waals surface area contributed by atoms with Crippen LogP contribution in [0.1, 0.15) is 5.56 Å². The summed E-state index contributed by atoms with van der Waals surface area (Å²) in [6, 6.07) is 20.5. The largest absolute Gasteiger partial charge is 0.489 e. The maximum absolute atomic E-state index is 10.5. The van der Waals surface area contributed by atoms with E-state index in [0.717, 1.165) is 16.8 Å². The lowest BCUT2D eigenvalue weighted by atomic mass is 10.1. The summed E-state index contributed by atoms with van der Waals surface area (Å²) in [5.74, 6) is 0.592. The summed E-state index contributed by atoms with van der Waals surface area (Å²) >= 11 is 0. The predicted octanol–water partition coefficient (Wildman–Crippen LogP) is 3.80. The second-order valence-electron chi connectivity index (χ2n) is 5.67. The normalized spacial score (nSPS) is 10.3. The first-order chi connectivity index (χ1) is 13.2. The molecule has 2 aromatic carbocycles. The Balaban J connectivity index is 1.66. The fourth-order valence-corrected chi connectivity index (χ4v) is 2.46. The number of nitrogens with zero attached hydrogens (tertiary/aromatic N) is 1. The maximum Gasteiger partial charge on any atom is 0.341 e. The summed E-state index contributed by atoms with van der Waals surface area (Å²) < 4.78 is 16.3. The molecule has 0 bridgehead atoms. The molecule has 0 aliphatic carbocycles. The van der Waals surface area contributed by atoms with Crippen LogP contribution in [0.15, 0.2) is 66.7 Å². The van der Waals surface area contributed by atoms with Crippen LogP contribution >= 0.6 is 0 Å². The van der Waals surface area contributed by atoms with Gasteiger partial charge in [-0.05, 0) is 36.4 Å². The summed E-state index contributed by atoms with van der Waals surface area (Å²) in [7, 11) is 1.58. The first-order valence-electron chi connectivity index (χ1n) is 8.32. The van der Waals surface area contributed by atoms with E-state index in [4.69, 9.17) is 19.3 Å². The number of carboxylic acids is 1. The van der Waals surface area contributed by atoms with Gasteiger partial charge in [-0.15, -0.1) is 0 Å². The number of carbonyl (C=O) groups is 1. The van der Waals surface area contributed by atoms with Crippen molar-refractivity contribution in [3.05, 3.63) is 72.3 Å². The maximum atomic E-state index is 10.5. The van der Waals surface area contributed by atoms with E-state index in [9.17, 15) is 4.79 Å². The van der Waals surface area contributed by atoms with Crippen molar-refractivity contribution in [2.75, 3.05) is 13.7 Å². The summed E-state index contributed by atoms with van der Waals surface area (Å²) in [5.41, 5.74) is 2.67. The second kappa shape index (κ2) is 8.71. The topological polar surface area (TPSA) is 77.9 Å². The zero-order valence-corrected chi connectivity index (χ0v) is 14.8. The van der Waals surface area contributed by atoms with Gasteiger partial charge in [0.2, 0.25) is 5.88 Å². The summed E-state index contributed by atoms with van der Waals surface area (Å²) in [6.07, 6.45) is 0. The van der Waals surface area contributed by atoms with Gasteiger partial charge in [0.1, 0.15) is 18.1 Å². The third-order valence-corrected chi connectivity index (χ3v) is 3.78. The molecule has 138 valence electrons. The lowest BCUT2D eigenvalue weighted by molar-refractivity contribution is -0.139. The molecule has 1 heterocycles. The van der Waals surface area contributed by atoms with E-state index >= 15 is 0 Å². The van der Waals surface area contributed by atoms with Gasteiger partial charge in [-0.3, -0.25) is 0 Å². The number of hydrogen-bond donors (Lipinski definition) is 1. The van der Waals surface area contributed by atoms with E-state index in [2.05, 4.69) is 4.98 Å². The lowest BCUT2D eigenvalue weighted by Gasteiger charge is -2.11. The summed E-state index contributed by atoms with van der Waals surface area (Å²) in [4.78, 5) is 15.1. The van der Waals surface area contributed by atoms with Gasteiger partial charge < -0.3 is 19.3 Å². The van der Waals surface area contributed by atoms with Crippen molar-refractivity contribution in [1.82, 2.24) is 4.98 Å². The molecule has 0 aliphatic rings. The number of pyridine rings is 1. The Hall–Kier alpha value is -3.54. The molecular weight excluding hydrogens is 346 g/mol. The van der Waals surface area contributed by atoms with Gasteiger partial charge in [0.05, 0.1) is 18.4 Å². The van der Waals surface area contributed by atoms with Crippen LogP contribution in [-0.4, -0.2) is 29.8 Å². The fourth-order valence-electron chi connectivity index (χ4n) is 2.46. The van der Waals surface area contributed by atoms with E-state index < -0.39 is 5.97 Å². The Bertz CT molecular complexity index is 894. The predicted molar refractivity (Wildman–Crippen MR) is 100 cm³/mol. The van der Waals surface area contributed by atoms with E-state index in [-0.39, 0.29) is 6.61 Å². The van der Waals surface area contributed by atoms with E-state index in [1.807, 2.05) is 42.5 Å². The molecule has 0 unspecified atom stereocenters. The van der Waals surface area contributed by atoms with Crippen LogP contribution in [0, 0.1) is 0 Å². The van der Waals surface area contributed by atoms with Crippen molar-refractivity contribution in [2.24, 2.45) is 0 Å². The number of aromatic nitrogens is 1. The number of hydrogen-bond acceptors (Lipinski definition) is 5. The Labute approximate surface area is 157 Å². The molecule has 3 rings (SSSR count). The molecule has 1 aromatic heterocycles. The number of benzene rings is 2. The molecule has 27 heavy (non-hydrogen) atoms. The first-order valence-corrected chi connectivity index (χ1v) is 8.32. The average Bonchev–Trinajstić information content (AvgIpc) is 2.72. The van der Waals surface area contributed by atoms with Crippen molar-refractivity contribution in [2.45, 2.75) is 6.61 Å². The summed E-state index contributed by atoms with van der Waals surface area (Å²) in [5, 5.41) is 8.61. The highest BCUT2D eigenvalue weighted by atomic mass is 16.5. The molecule has 0 aliphatic heterocycles. The number of carboxylic acid groups (broad SMARTS) is 1. The minimum absolute atomic E-state index is 0.292. The summed E-state index contributed by atoms with van der Waals surface area (Å²) in [6.45, 7) is -0.0859. The van der Waals surface area contributed by atoms with E-state index in [0.29, 0.717) is 24.0 Å². The Kier molecular flexibility index (Phi) is 5.89. The fraction of sp³-hybridized carbons (Fsp3) is 0.143. The Morgan fingerprint density at radius 2 is 1.59 bits per heavy atom. The third kappa shape index (κ3) is 4.98. The van der Waals surface area contributed by atoms with Crippen LogP contribution in [0.4, 0.5) is 0 Å². The minimum Gasteiger partial charge on any atom is -0.489 e. The number of ether oxygens (including phenoxy) is 3.